The van der Waals surface area contributed by atoms with Crippen molar-refractivity contribution < 1.29 is 9.53 Å². The second-order valence-corrected chi connectivity index (χ2v) is 5.86. The van der Waals surface area contributed by atoms with Gasteiger partial charge in [0.15, 0.2) is 0 Å². The summed E-state index contributed by atoms with van der Waals surface area (Å²) in [5.41, 5.74) is 2.78. The topological polar surface area (TPSA) is 38.3 Å². The molecule has 0 spiro atoms. The van der Waals surface area contributed by atoms with Crippen molar-refractivity contribution >= 4 is 17.5 Å². The summed E-state index contributed by atoms with van der Waals surface area (Å²) in [4.78, 5) is 12.3. The van der Waals surface area contributed by atoms with Crippen LogP contribution in [0.25, 0.3) is 0 Å². The summed E-state index contributed by atoms with van der Waals surface area (Å²) >= 11 is 5.95. The SMILES string of the molecule is COc1ccc(Cl)cc1C(=O)NCc1ccc(C(C)C)cc1. The van der Waals surface area contributed by atoms with Crippen molar-refractivity contribution in [2.75, 3.05) is 7.11 Å². The number of ether oxygens (including phenoxy) is 1. The minimum atomic E-state index is -0.202. The molecule has 1 N–H and O–H groups in total. The van der Waals surface area contributed by atoms with Gasteiger partial charge in [-0.1, -0.05) is 49.7 Å². The first-order valence-corrected chi connectivity index (χ1v) is 7.59. The molecule has 0 saturated carbocycles. The molecule has 0 fully saturated rings. The molecule has 0 aliphatic heterocycles. The summed E-state index contributed by atoms with van der Waals surface area (Å²) in [5.74, 6) is 0.809. The molecule has 116 valence electrons. The number of benzene rings is 2. The molecule has 0 heterocycles. The fourth-order valence-electron chi connectivity index (χ4n) is 2.16. The van der Waals surface area contributed by atoms with E-state index in [0.717, 1.165) is 5.56 Å². The van der Waals surface area contributed by atoms with E-state index in [4.69, 9.17) is 16.3 Å². The van der Waals surface area contributed by atoms with Crippen molar-refractivity contribution in [1.29, 1.82) is 0 Å². The van der Waals surface area contributed by atoms with Gasteiger partial charge in [-0.15, -0.1) is 0 Å². The van der Waals surface area contributed by atoms with Gasteiger partial charge in [0.05, 0.1) is 12.7 Å². The van der Waals surface area contributed by atoms with Gasteiger partial charge >= 0.3 is 0 Å². The molecule has 2 aromatic carbocycles. The molecule has 0 unspecified atom stereocenters. The minimum absolute atomic E-state index is 0.202. The van der Waals surface area contributed by atoms with Crippen molar-refractivity contribution in [3.8, 4) is 5.75 Å². The van der Waals surface area contributed by atoms with Gasteiger partial charge in [0.1, 0.15) is 5.75 Å². The predicted molar refractivity (Wildman–Crippen MR) is 89.7 cm³/mol. The minimum Gasteiger partial charge on any atom is -0.496 e. The van der Waals surface area contributed by atoms with Crippen molar-refractivity contribution in [2.24, 2.45) is 0 Å². The highest BCUT2D eigenvalue weighted by atomic mass is 35.5. The molecular formula is C18H20ClNO2. The van der Waals surface area contributed by atoms with Crippen LogP contribution in [0.15, 0.2) is 42.5 Å². The van der Waals surface area contributed by atoms with Gasteiger partial charge < -0.3 is 10.1 Å². The number of carbonyl (C=O) groups is 1. The average molecular weight is 318 g/mol. The summed E-state index contributed by atoms with van der Waals surface area (Å²) < 4.78 is 5.20. The Labute approximate surface area is 136 Å². The highest BCUT2D eigenvalue weighted by Gasteiger charge is 2.12. The van der Waals surface area contributed by atoms with E-state index in [1.165, 1.54) is 12.7 Å². The van der Waals surface area contributed by atoms with Gasteiger partial charge in [-0.05, 0) is 35.2 Å². The maximum absolute atomic E-state index is 12.3. The van der Waals surface area contributed by atoms with Gasteiger partial charge in [-0.3, -0.25) is 4.79 Å². The van der Waals surface area contributed by atoms with Crippen LogP contribution in [0.3, 0.4) is 0 Å². The molecule has 0 aliphatic carbocycles. The lowest BCUT2D eigenvalue weighted by atomic mass is 10.0. The zero-order valence-electron chi connectivity index (χ0n) is 13.0. The van der Waals surface area contributed by atoms with Crippen LogP contribution in [-0.2, 0) is 6.54 Å². The maximum atomic E-state index is 12.3. The molecule has 0 atom stereocenters. The highest BCUT2D eigenvalue weighted by molar-refractivity contribution is 6.31. The van der Waals surface area contributed by atoms with Crippen LogP contribution in [0.2, 0.25) is 5.02 Å². The van der Waals surface area contributed by atoms with Crippen LogP contribution < -0.4 is 10.1 Å². The number of amides is 1. The van der Waals surface area contributed by atoms with Crippen LogP contribution in [0.4, 0.5) is 0 Å². The van der Waals surface area contributed by atoms with E-state index in [1.807, 2.05) is 12.1 Å². The van der Waals surface area contributed by atoms with Gasteiger partial charge in [0, 0.05) is 11.6 Å². The summed E-state index contributed by atoms with van der Waals surface area (Å²) in [6.45, 7) is 4.78. The van der Waals surface area contributed by atoms with Crippen LogP contribution in [-0.4, -0.2) is 13.0 Å². The zero-order chi connectivity index (χ0) is 16.1. The van der Waals surface area contributed by atoms with Crippen LogP contribution in [0, 0.1) is 0 Å². The molecule has 3 nitrogen and oxygen atoms in total. The Morgan fingerprint density at radius 2 is 1.86 bits per heavy atom. The number of hydrogen-bond donors (Lipinski definition) is 1. The monoisotopic (exact) mass is 317 g/mol. The Morgan fingerprint density at radius 3 is 2.45 bits per heavy atom. The van der Waals surface area contributed by atoms with E-state index in [-0.39, 0.29) is 5.91 Å². The number of carbonyl (C=O) groups excluding carboxylic acids is 1. The van der Waals surface area contributed by atoms with Crippen molar-refractivity contribution in [3.63, 3.8) is 0 Å². The summed E-state index contributed by atoms with van der Waals surface area (Å²) in [6, 6.07) is 13.2. The predicted octanol–water partition coefficient (Wildman–Crippen LogP) is 4.40. The van der Waals surface area contributed by atoms with Gasteiger partial charge in [-0.25, -0.2) is 0 Å². The number of rotatable bonds is 5. The van der Waals surface area contributed by atoms with Gasteiger partial charge in [0.2, 0.25) is 0 Å². The molecule has 0 saturated heterocycles. The van der Waals surface area contributed by atoms with E-state index in [9.17, 15) is 4.79 Å². The molecule has 22 heavy (non-hydrogen) atoms. The maximum Gasteiger partial charge on any atom is 0.255 e. The smallest absolute Gasteiger partial charge is 0.255 e. The second kappa shape index (κ2) is 7.32. The lowest BCUT2D eigenvalue weighted by Gasteiger charge is -2.11. The Bertz CT molecular complexity index is 651. The Morgan fingerprint density at radius 1 is 1.18 bits per heavy atom. The molecule has 1 amide bonds. The number of hydrogen-bond acceptors (Lipinski definition) is 2. The third kappa shape index (κ3) is 4.01. The van der Waals surface area contributed by atoms with E-state index in [1.54, 1.807) is 18.2 Å². The summed E-state index contributed by atoms with van der Waals surface area (Å²) in [6.07, 6.45) is 0. The third-order valence-corrected chi connectivity index (χ3v) is 3.74. The molecule has 0 bridgehead atoms. The number of nitrogens with one attached hydrogen (secondary N) is 1. The third-order valence-electron chi connectivity index (χ3n) is 3.51. The fourth-order valence-corrected chi connectivity index (χ4v) is 2.33. The van der Waals surface area contributed by atoms with Gasteiger partial charge in [-0.2, -0.15) is 0 Å². The fraction of sp³-hybridized carbons (Fsp3) is 0.278. The molecule has 2 rings (SSSR count). The average Bonchev–Trinajstić information content (AvgIpc) is 2.53. The standard InChI is InChI=1S/C18H20ClNO2/c1-12(2)14-6-4-13(5-7-14)11-20-18(21)16-10-15(19)8-9-17(16)22-3/h4-10,12H,11H2,1-3H3,(H,20,21). The van der Waals surface area contributed by atoms with Crippen molar-refractivity contribution in [2.45, 2.75) is 26.3 Å². The largest absolute Gasteiger partial charge is 0.496 e. The molecule has 0 aromatic heterocycles. The Balaban J connectivity index is 2.05. The van der Waals surface area contributed by atoms with Crippen LogP contribution >= 0.6 is 11.6 Å². The normalized spacial score (nSPS) is 10.6. The Hall–Kier alpha value is -2.00. The molecule has 2 aromatic rings. The van der Waals surface area contributed by atoms with Crippen LogP contribution in [0.5, 0.6) is 5.75 Å². The summed E-state index contributed by atoms with van der Waals surface area (Å²) in [7, 11) is 1.53. The lowest BCUT2D eigenvalue weighted by Crippen LogP contribution is -2.23. The molecule has 0 radical (unpaired) electrons. The first kappa shape index (κ1) is 16.4. The number of halogens is 1. The van der Waals surface area contributed by atoms with E-state index in [0.29, 0.717) is 28.8 Å². The highest BCUT2D eigenvalue weighted by Crippen LogP contribution is 2.22. The van der Waals surface area contributed by atoms with Crippen molar-refractivity contribution in [3.05, 3.63) is 64.2 Å². The lowest BCUT2D eigenvalue weighted by molar-refractivity contribution is 0.0948. The Kier molecular flexibility index (Phi) is 5.45. The first-order valence-electron chi connectivity index (χ1n) is 7.22. The zero-order valence-corrected chi connectivity index (χ0v) is 13.8. The van der Waals surface area contributed by atoms with Crippen LogP contribution in [0.1, 0.15) is 41.3 Å². The van der Waals surface area contributed by atoms with E-state index in [2.05, 4.69) is 31.3 Å². The van der Waals surface area contributed by atoms with Crippen molar-refractivity contribution in [1.82, 2.24) is 5.32 Å². The second-order valence-electron chi connectivity index (χ2n) is 5.42. The molecular weight excluding hydrogens is 298 g/mol. The molecule has 4 heteroatoms. The van der Waals surface area contributed by atoms with Gasteiger partial charge in [0.25, 0.3) is 5.91 Å². The first-order chi connectivity index (χ1) is 10.5. The quantitative estimate of drug-likeness (QED) is 0.887. The number of methoxy groups -OCH3 is 1. The van der Waals surface area contributed by atoms with E-state index >= 15 is 0 Å². The molecule has 0 aliphatic rings. The summed E-state index contributed by atoms with van der Waals surface area (Å²) in [5, 5.41) is 3.39. The van der Waals surface area contributed by atoms with E-state index < -0.39 is 0 Å².